The molecular weight excluding hydrogens is 737 g/mol. The lowest BCUT2D eigenvalue weighted by Crippen LogP contribution is -2.17. The van der Waals surface area contributed by atoms with Crippen LogP contribution in [0.4, 0.5) is 34.1 Å². The molecule has 2 aliphatic rings. The first kappa shape index (κ1) is 38.3. The maximum Gasteiger partial charge on any atom is 0.0466 e. The summed E-state index contributed by atoms with van der Waals surface area (Å²) in [6.45, 7) is 16.0. The van der Waals surface area contributed by atoms with Crippen molar-refractivity contribution in [1.29, 1.82) is 0 Å². The Morgan fingerprint density at radius 3 is 1.11 bits per heavy atom. The summed E-state index contributed by atoms with van der Waals surface area (Å²) in [5, 5.41) is 0. The van der Waals surface area contributed by atoms with E-state index in [1.54, 1.807) is 0 Å². The first-order valence-corrected chi connectivity index (χ1v) is 21.6. The molecule has 8 aromatic carbocycles. The highest BCUT2D eigenvalue weighted by Crippen LogP contribution is 2.53. The van der Waals surface area contributed by atoms with E-state index in [-0.39, 0.29) is 10.8 Å². The van der Waals surface area contributed by atoms with Crippen molar-refractivity contribution in [3.8, 4) is 22.3 Å². The summed E-state index contributed by atoms with van der Waals surface area (Å²) in [5.41, 5.74) is 23.6. The molecule has 0 heterocycles. The molecular formula is C59H52N2. The van der Waals surface area contributed by atoms with Crippen molar-refractivity contribution in [2.45, 2.75) is 59.3 Å². The zero-order chi connectivity index (χ0) is 42.0. The molecule has 0 N–H and O–H groups in total. The first-order chi connectivity index (χ1) is 29.5. The molecule has 0 saturated heterocycles. The van der Waals surface area contributed by atoms with Gasteiger partial charge >= 0.3 is 0 Å². The predicted molar refractivity (Wildman–Crippen MR) is 261 cm³/mol. The van der Waals surface area contributed by atoms with E-state index in [0.29, 0.717) is 0 Å². The van der Waals surface area contributed by atoms with Crippen LogP contribution in [-0.4, -0.2) is 0 Å². The van der Waals surface area contributed by atoms with E-state index < -0.39 is 0 Å². The summed E-state index contributed by atoms with van der Waals surface area (Å²) in [4.78, 5) is 4.77. The minimum absolute atomic E-state index is 0.154. The van der Waals surface area contributed by atoms with Gasteiger partial charge in [0.05, 0.1) is 0 Å². The lowest BCUT2D eigenvalue weighted by Gasteiger charge is -2.28. The quantitative estimate of drug-likeness (QED) is 0.142. The van der Waals surface area contributed by atoms with Crippen LogP contribution in [-0.2, 0) is 10.8 Å². The average molecular weight is 789 g/mol. The predicted octanol–water partition coefficient (Wildman–Crippen LogP) is 16.3. The maximum atomic E-state index is 2.43. The second-order valence-corrected chi connectivity index (χ2v) is 18.2. The highest BCUT2D eigenvalue weighted by atomic mass is 15.1. The summed E-state index contributed by atoms with van der Waals surface area (Å²) >= 11 is 0. The number of hydrogen-bond donors (Lipinski definition) is 0. The van der Waals surface area contributed by atoms with Gasteiger partial charge in [-0.3, -0.25) is 0 Å². The van der Waals surface area contributed by atoms with Crippen molar-refractivity contribution in [3.05, 3.63) is 226 Å². The fourth-order valence-corrected chi connectivity index (χ4v) is 9.99. The molecule has 0 atom stereocenters. The zero-order valence-corrected chi connectivity index (χ0v) is 36.3. The Bertz CT molecular complexity index is 2930. The molecule has 61 heavy (non-hydrogen) atoms. The monoisotopic (exact) mass is 788 g/mol. The number of fused-ring (bicyclic) bond motifs is 6. The minimum atomic E-state index is -0.162. The standard InChI is InChI=1S/C59H52N2/c1-39-18-24-46(25-19-39)61(49-33-40(2)32-41(3)34-49)48-27-31-53-51-29-23-43(36-55(51)59(6,7)57(53)38-48)21-20-42-22-28-50-52-30-26-47(37-56(52)58(4,5)54(50)35-42)60(44-14-10-8-11-15-44)45-16-12-9-13-17-45/h8-38H,1-7H3. The van der Waals surface area contributed by atoms with Gasteiger partial charge in [0.2, 0.25) is 0 Å². The van der Waals surface area contributed by atoms with Crippen LogP contribution in [0.25, 0.3) is 34.4 Å². The van der Waals surface area contributed by atoms with Crippen LogP contribution in [0, 0.1) is 20.8 Å². The summed E-state index contributed by atoms with van der Waals surface area (Å²) in [6, 6.07) is 65.2. The third-order valence-corrected chi connectivity index (χ3v) is 13.1. The van der Waals surface area contributed by atoms with Crippen LogP contribution in [0.5, 0.6) is 0 Å². The molecule has 10 rings (SSSR count). The second-order valence-electron chi connectivity index (χ2n) is 18.2. The molecule has 2 aliphatic carbocycles. The first-order valence-electron chi connectivity index (χ1n) is 21.6. The summed E-state index contributed by atoms with van der Waals surface area (Å²) in [6.07, 6.45) is 4.58. The van der Waals surface area contributed by atoms with E-state index in [1.165, 1.54) is 89.4 Å². The van der Waals surface area contributed by atoms with E-state index in [0.717, 1.165) is 17.1 Å². The smallest absolute Gasteiger partial charge is 0.0466 e. The Labute approximate surface area is 362 Å². The molecule has 0 fully saturated rings. The molecule has 2 heteroatoms. The van der Waals surface area contributed by atoms with E-state index >= 15 is 0 Å². The van der Waals surface area contributed by atoms with E-state index in [1.807, 2.05) is 0 Å². The fraction of sp³-hybridized carbons (Fsp3) is 0.153. The summed E-state index contributed by atoms with van der Waals surface area (Å²) in [5.74, 6) is 0. The van der Waals surface area contributed by atoms with E-state index in [2.05, 4.69) is 246 Å². The highest BCUT2D eigenvalue weighted by Gasteiger charge is 2.37. The second kappa shape index (κ2) is 14.7. The number of nitrogens with zero attached hydrogens (tertiary/aromatic N) is 2. The molecule has 0 aliphatic heterocycles. The van der Waals surface area contributed by atoms with Crippen LogP contribution in [0.15, 0.2) is 176 Å². The molecule has 0 saturated carbocycles. The molecule has 0 spiro atoms. The van der Waals surface area contributed by atoms with Gasteiger partial charge in [-0.25, -0.2) is 0 Å². The average Bonchev–Trinajstić information content (AvgIpc) is 3.62. The summed E-state index contributed by atoms with van der Waals surface area (Å²) in [7, 11) is 0. The Hall–Kier alpha value is -6.90. The normalized spacial score (nSPS) is 14.0. The third-order valence-electron chi connectivity index (χ3n) is 13.1. The number of aryl methyl sites for hydroxylation is 3. The van der Waals surface area contributed by atoms with Gasteiger partial charge < -0.3 is 9.80 Å². The van der Waals surface area contributed by atoms with Gasteiger partial charge in [-0.2, -0.15) is 0 Å². The van der Waals surface area contributed by atoms with Gasteiger partial charge in [0, 0.05) is 45.0 Å². The van der Waals surface area contributed by atoms with Gasteiger partial charge in [-0.15, -0.1) is 0 Å². The number of para-hydroxylation sites is 2. The number of hydrogen-bond acceptors (Lipinski definition) is 2. The number of rotatable bonds is 8. The zero-order valence-electron chi connectivity index (χ0n) is 36.3. The van der Waals surface area contributed by atoms with Crippen molar-refractivity contribution in [3.63, 3.8) is 0 Å². The highest BCUT2D eigenvalue weighted by molar-refractivity contribution is 5.89. The molecule has 0 aromatic heterocycles. The molecule has 2 nitrogen and oxygen atoms in total. The van der Waals surface area contributed by atoms with Crippen LogP contribution in [0.1, 0.15) is 77.8 Å². The molecule has 0 radical (unpaired) electrons. The van der Waals surface area contributed by atoms with Crippen molar-refractivity contribution in [2.24, 2.45) is 0 Å². The van der Waals surface area contributed by atoms with E-state index in [4.69, 9.17) is 0 Å². The Kier molecular flexibility index (Phi) is 9.22. The maximum absolute atomic E-state index is 2.43. The van der Waals surface area contributed by atoms with Crippen LogP contribution < -0.4 is 9.80 Å². The van der Waals surface area contributed by atoms with Crippen LogP contribution in [0.2, 0.25) is 0 Å². The van der Waals surface area contributed by atoms with E-state index in [9.17, 15) is 0 Å². The molecule has 0 unspecified atom stereocenters. The SMILES string of the molecule is Cc1ccc(N(c2cc(C)cc(C)c2)c2ccc3c(c2)C(C)(C)c2cc(C=Cc4ccc5c(c4)C(C)(C)c4cc(N(c6ccccc6)c6ccccc6)ccc4-5)ccc2-3)cc1. The Balaban J connectivity index is 0.946. The lowest BCUT2D eigenvalue weighted by atomic mass is 9.81. The van der Waals surface area contributed by atoms with Gasteiger partial charge in [0.1, 0.15) is 0 Å². The van der Waals surface area contributed by atoms with Crippen molar-refractivity contribution < 1.29 is 0 Å². The molecule has 0 amide bonds. The Morgan fingerprint density at radius 2 is 0.672 bits per heavy atom. The molecule has 8 aromatic rings. The largest absolute Gasteiger partial charge is 0.310 e. The summed E-state index contributed by atoms with van der Waals surface area (Å²) < 4.78 is 0. The number of anilines is 6. The fourth-order valence-electron chi connectivity index (χ4n) is 9.99. The lowest BCUT2D eigenvalue weighted by molar-refractivity contribution is 0.660. The van der Waals surface area contributed by atoms with Gasteiger partial charge in [0.25, 0.3) is 0 Å². The molecule has 0 bridgehead atoms. The topological polar surface area (TPSA) is 6.48 Å². The Morgan fingerprint density at radius 1 is 0.311 bits per heavy atom. The minimum Gasteiger partial charge on any atom is -0.310 e. The van der Waals surface area contributed by atoms with Gasteiger partial charge in [0.15, 0.2) is 0 Å². The number of benzene rings is 8. The van der Waals surface area contributed by atoms with Crippen molar-refractivity contribution in [1.82, 2.24) is 0 Å². The molecule has 298 valence electrons. The third kappa shape index (κ3) is 6.68. The van der Waals surface area contributed by atoms with Gasteiger partial charge in [-0.1, -0.05) is 149 Å². The van der Waals surface area contributed by atoms with Crippen LogP contribution in [0.3, 0.4) is 0 Å². The van der Waals surface area contributed by atoms with Gasteiger partial charge in [-0.05, 0) is 160 Å². The van der Waals surface area contributed by atoms with Crippen LogP contribution >= 0.6 is 0 Å². The van der Waals surface area contributed by atoms with Crippen molar-refractivity contribution >= 4 is 46.3 Å². The van der Waals surface area contributed by atoms with Crippen molar-refractivity contribution in [2.75, 3.05) is 9.80 Å².